The van der Waals surface area contributed by atoms with Crippen molar-refractivity contribution in [1.82, 2.24) is 0 Å². The molecule has 2 N–H and O–H groups in total. The van der Waals surface area contributed by atoms with E-state index in [4.69, 9.17) is 9.84 Å². The van der Waals surface area contributed by atoms with Gasteiger partial charge in [0.1, 0.15) is 5.75 Å². The molecule has 70 valence electrons. The van der Waals surface area contributed by atoms with E-state index in [2.05, 4.69) is 5.32 Å². The zero-order valence-electron chi connectivity index (χ0n) is 7.28. The molecule has 0 aliphatic rings. The summed E-state index contributed by atoms with van der Waals surface area (Å²) in [5, 5.41) is 11.3. The molecule has 0 radical (unpaired) electrons. The minimum atomic E-state index is -0.977. The lowest BCUT2D eigenvalue weighted by molar-refractivity contribution is -0.139. The Morgan fingerprint density at radius 1 is 1.62 bits per heavy atom. The summed E-state index contributed by atoms with van der Waals surface area (Å²) in [7, 11) is 1.79. The van der Waals surface area contributed by atoms with Crippen molar-refractivity contribution in [3.05, 3.63) is 24.3 Å². The predicted molar refractivity (Wildman–Crippen MR) is 49.1 cm³/mol. The van der Waals surface area contributed by atoms with Gasteiger partial charge in [0.15, 0.2) is 6.61 Å². The van der Waals surface area contributed by atoms with Crippen LogP contribution < -0.4 is 10.1 Å². The van der Waals surface area contributed by atoms with Crippen LogP contribution in [0.25, 0.3) is 0 Å². The lowest BCUT2D eigenvalue weighted by atomic mass is 10.3. The molecule has 0 aromatic heterocycles. The zero-order chi connectivity index (χ0) is 9.68. The molecule has 0 unspecified atom stereocenters. The lowest BCUT2D eigenvalue weighted by Crippen LogP contribution is -2.09. The van der Waals surface area contributed by atoms with Gasteiger partial charge < -0.3 is 15.2 Å². The average molecular weight is 181 g/mol. The zero-order valence-corrected chi connectivity index (χ0v) is 7.28. The van der Waals surface area contributed by atoms with E-state index < -0.39 is 5.97 Å². The summed E-state index contributed by atoms with van der Waals surface area (Å²) in [6, 6.07) is 7.11. The van der Waals surface area contributed by atoms with Gasteiger partial charge in [0.25, 0.3) is 0 Å². The third-order valence-corrected chi connectivity index (χ3v) is 1.49. The van der Waals surface area contributed by atoms with Crippen LogP contribution in [-0.4, -0.2) is 24.7 Å². The van der Waals surface area contributed by atoms with E-state index in [9.17, 15) is 4.79 Å². The fraction of sp³-hybridized carbons (Fsp3) is 0.222. The number of anilines is 1. The first-order valence-electron chi connectivity index (χ1n) is 3.85. The number of hydrogen-bond acceptors (Lipinski definition) is 3. The van der Waals surface area contributed by atoms with Crippen molar-refractivity contribution in [3.8, 4) is 5.75 Å². The highest BCUT2D eigenvalue weighted by molar-refractivity contribution is 5.68. The molecule has 0 amide bonds. The second kappa shape index (κ2) is 4.35. The van der Waals surface area contributed by atoms with Gasteiger partial charge in [0.05, 0.1) is 0 Å². The smallest absolute Gasteiger partial charge is 0.341 e. The maximum atomic E-state index is 10.2. The number of hydrogen-bond donors (Lipinski definition) is 2. The van der Waals surface area contributed by atoms with Gasteiger partial charge in [-0.2, -0.15) is 0 Å². The SMILES string of the molecule is CNc1cccc(OCC(=O)O)c1. The molecule has 1 aromatic rings. The molecule has 0 saturated heterocycles. The third kappa shape index (κ3) is 3.02. The molecule has 0 spiro atoms. The Kier molecular flexibility index (Phi) is 3.14. The number of carboxylic acids is 1. The van der Waals surface area contributed by atoms with Crippen molar-refractivity contribution in [3.63, 3.8) is 0 Å². The summed E-state index contributed by atoms with van der Waals surface area (Å²) in [5.74, 6) is -0.427. The first kappa shape index (κ1) is 9.38. The van der Waals surface area contributed by atoms with E-state index in [1.165, 1.54) is 0 Å². The molecule has 0 aliphatic carbocycles. The molecule has 4 heteroatoms. The van der Waals surface area contributed by atoms with E-state index in [1.54, 1.807) is 25.2 Å². The van der Waals surface area contributed by atoms with Gasteiger partial charge in [0, 0.05) is 18.8 Å². The number of benzene rings is 1. The molecular formula is C9H11NO3. The van der Waals surface area contributed by atoms with Crippen LogP contribution in [0.1, 0.15) is 0 Å². The third-order valence-electron chi connectivity index (χ3n) is 1.49. The Morgan fingerprint density at radius 2 is 2.38 bits per heavy atom. The quantitative estimate of drug-likeness (QED) is 0.732. The molecule has 4 nitrogen and oxygen atoms in total. The Morgan fingerprint density at radius 3 is 3.00 bits per heavy atom. The van der Waals surface area contributed by atoms with Crippen molar-refractivity contribution in [1.29, 1.82) is 0 Å². The van der Waals surface area contributed by atoms with Crippen LogP contribution in [0.5, 0.6) is 5.75 Å². The highest BCUT2D eigenvalue weighted by Crippen LogP contribution is 2.16. The Bertz CT molecular complexity index is 299. The van der Waals surface area contributed by atoms with Crippen LogP contribution in [0.2, 0.25) is 0 Å². The summed E-state index contributed by atoms with van der Waals surface area (Å²) in [4.78, 5) is 10.2. The lowest BCUT2D eigenvalue weighted by Gasteiger charge is -2.04. The van der Waals surface area contributed by atoms with Crippen LogP contribution in [0, 0.1) is 0 Å². The predicted octanol–water partition coefficient (Wildman–Crippen LogP) is 1.19. The van der Waals surface area contributed by atoms with Crippen LogP contribution in [0.4, 0.5) is 5.69 Å². The molecule has 1 rings (SSSR count). The summed E-state index contributed by atoms with van der Waals surface area (Å²) in [6.45, 7) is -0.312. The Labute approximate surface area is 76.1 Å². The largest absolute Gasteiger partial charge is 0.482 e. The molecule has 0 atom stereocenters. The van der Waals surface area contributed by atoms with E-state index in [1.807, 2.05) is 6.07 Å². The maximum absolute atomic E-state index is 10.2. The molecule has 0 aliphatic heterocycles. The molecule has 0 fully saturated rings. The van der Waals surface area contributed by atoms with Crippen molar-refractivity contribution >= 4 is 11.7 Å². The van der Waals surface area contributed by atoms with Crippen molar-refractivity contribution in [2.75, 3.05) is 19.0 Å². The van der Waals surface area contributed by atoms with Gasteiger partial charge in [0.2, 0.25) is 0 Å². The first-order chi connectivity index (χ1) is 6.22. The maximum Gasteiger partial charge on any atom is 0.341 e. The molecular weight excluding hydrogens is 170 g/mol. The van der Waals surface area contributed by atoms with Gasteiger partial charge in [-0.15, -0.1) is 0 Å². The van der Waals surface area contributed by atoms with Crippen LogP contribution in [0.3, 0.4) is 0 Å². The number of rotatable bonds is 4. The highest BCUT2D eigenvalue weighted by atomic mass is 16.5. The molecule has 13 heavy (non-hydrogen) atoms. The van der Waals surface area contributed by atoms with E-state index in [0.29, 0.717) is 5.75 Å². The molecule has 1 aromatic carbocycles. The van der Waals surface area contributed by atoms with E-state index >= 15 is 0 Å². The minimum Gasteiger partial charge on any atom is -0.482 e. The summed E-state index contributed by atoms with van der Waals surface area (Å²) >= 11 is 0. The van der Waals surface area contributed by atoms with Gasteiger partial charge >= 0.3 is 5.97 Å². The van der Waals surface area contributed by atoms with Gasteiger partial charge in [-0.25, -0.2) is 4.79 Å². The summed E-state index contributed by atoms with van der Waals surface area (Å²) in [6.07, 6.45) is 0. The topological polar surface area (TPSA) is 58.6 Å². The van der Waals surface area contributed by atoms with Gasteiger partial charge in [-0.1, -0.05) is 6.07 Å². The Hall–Kier alpha value is -1.71. The van der Waals surface area contributed by atoms with Gasteiger partial charge in [-0.05, 0) is 12.1 Å². The summed E-state index contributed by atoms with van der Waals surface area (Å²) < 4.78 is 4.97. The standard InChI is InChI=1S/C9H11NO3/c1-10-7-3-2-4-8(5-7)13-6-9(11)12/h2-5,10H,6H2,1H3,(H,11,12). The van der Waals surface area contributed by atoms with E-state index in [0.717, 1.165) is 5.69 Å². The fourth-order valence-electron chi connectivity index (χ4n) is 0.886. The van der Waals surface area contributed by atoms with Gasteiger partial charge in [-0.3, -0.25) is 0 Å². The highest BCUT2D eigenvalue weighted by Gasteiger charge is 1.98. The second-order valence-electron chi connectivity index (χ2n) is 2.46. The molecule has 0 heterocycles. The fourth-order valence-corrected chi connectivity index (χ4v) is 0.886. The van der Waals surface area contributed by atoms with Crippen LogP contribution >= 0.6 is 0 Å². The summed E-state index contributed by atoms with van der Waals surface area (Å²) in [5.41, 5.74) is 0.892. The van der Waals surface area contributed by atoms with E-state index in [-0.39, 0.29) is 6.61 Å². The number of nitrogens with one attached hydrogen (secondary N) is 1. The first-order valence-corrected chi connectivity index (χ1v) is 3.85. The Balaban J connectivity index is 2.61. The number of ether oxygens (including phenoxy) is 1. The molecule has 0 bridgehead atoms. The van der Waals surface area contributed by atoms with Crippen LogP contribution in [0.15, 0.2) is 24.3 Å². The number of carbonyl (C=O) groups is 1. The average Bonchev–Trinajstić information content (AvgIpc) is 2.15. The number of carboxylic acid groups (broad SMARTS) is 1. The van der Waals surface area contributed by atoms with Crippen LogP contribution in [-0.2, 0) is 4.79 Å². The van der Waals surface area contributed by atoms with Crippen molar-refractivity contribution in [2.24, 2.45) is 0 Å². The molecule has 0 saturated carbocycles. The normalized spacial score (nSPS) is 9.31. The van der Waals surface area contributed by atoms with Crippen molar-refractivity contribution < 1.29 is 14.6 Å². The second-order valence-corrected chi connectivity index (χ2v) is 2.46. The monoisotopic (exact) mass is 181 g/mol. The number of aliphatic carboxylic acids is 1. The minimum absolute atomic E-state index is 0.312. The van der Waals surface area contributed by atoms with Crippen molar-refractivity contribution in [2.45, 2.75) is 0 Å².